The molecular weight excluding hydrogens is 334 g/mol. The minimum atomic E-state index is -0.527. The van der Waals surface area contributed by atoms with Gasteiger partial charge in [-0.15, -0.1) is 0 Å². The van der Waals surface area contributed by atoms with Crippen LogP contribution >= 0.6 is 11.3 Å². The zero-order valence-electron chi connectivity index (χ0n) is 12.9. The van der Waals surface area contributed by atoms with Crippen LogP contribution in [0.25, 0.3) is 10.2 Å². The molecule has 1 aromatic heterocycles. The lowest BCUT2D eigenvalue weighted by atomic mass is 10.3. The molecule has 9 heteroatoms. The second-order valence-electron chi connectivity index (χ2n) is 5.06. The topological polar surface area (TPSA) is 96.0 Å². The smallest absolute Gasteiger partial charge is 0.317 e. The van der Waals surface area contributed by atoms with Gasteiger partial charge in [-0.1, -0.05) is 18.3 Å². The Balaban J connectivity index is 2.09. The number of rotatable bonds is 4. The van der Waals surface area contributed by atoms with Gasteiger partial charge in [0.15, 0.2) is 4.80 Å². The third-order valence-electron chi connectivity index (χ3n) is 3.38. The molecule has 1 amide bonds. The number of amides is 1. The fraction of sp³-hybridized carbons (Fsp3) is 0.333. The summed E-state index contributed by atoms with van der Waals surface area (Å²) in [6.45, 7) is 3.37. The number of ether oxygens (including phenoxy) is 2. The molecule has 3 rings (SSSR count). The number of thiazole rings is 1. The van der Waals surface area contributed by atoms with Crippen molar-refractivity contribution in [1.82, 2.24) is 4.57 Å². The molecule has 126 valence electrons. The molecule has 0 spiro atoms. The number of carbonyl (C=O) groups is 1. The Labute approximate surface area is 140 Å². The van der Waals surface area contributed by atoms with Crippen molar-refractivity contribution in [3.8, 4) is 0 Å². The maximum atomic E-state index is 12.2. The predicted molar refractivity (Wildman–Crippen MR) is 87.3 cm³/mol. The number of nitrogens with zero attached hydrogens (tertiary/aromatic N) is 3. The summed E-state index contributed by atoms with van der Waals surface area (Å²) in [7, 11) is 0. The standard InChI is InChI=1S/C15H15N3O5S/c1-2-5-17-11-4-3-10(18(20)21)8-13(11)24-15(17)16-14(19)12-9-22-6-7-23-12/h3-4,8-9H,2,5-7H2,1H3. The van der Waals surface area contributed by atoms with Crippen LogP contribution in [0.15, 0.2) is 35.2 Å². The highest BCUT2D eigenvalue weighted by Crippen LogP contribution is 2.23. The highest BCUT2D eigenvalue weighted by atomic mass is 32.1. The van der Waals surface area contributed by atoms with E-state index in [1.54, 1.807) is 6.07 Å². The van der Waals surface area contributed by atoms with Gasteiger partial charge in [0, 0.05) is 18.7 Å². The van der Waals surface area contributed by atoms with E-state index in [0.29, 0.717) is 29.3 Å². The third-order valence-corrected chi connectivity index (χ3v) is 4.42. The Kier molecular flexibility index (Phi) is 4.61. The SMILES string of the molecule is CCCn1c(=NC(=O)C2=COCCO2)sc2cc([N+](=O)[O-])ccc21. The van der Waals surface area contributed by atoms with Crippen LogP contribution in [0.3, 0.4) is 0 Å². The van der Waals surface area contributed by atoms with Crippen LogP contribution in [0.4, 0.5) is 5.69 Å². The van der Waals surface area contributed by atoms with Crippen molar-refractivity contribution in [2.24, 2.45) is 4.99 Å². The first kappa shape index (κ1) is 16.2. The van der Waals surface area contributed by atoms with Crippen molar-refractivity contribution in [1.29, 1.82) is 0 Å². The van der Waals surface area contributed by atoms with E-state index in [1.807, 2.05) is 11.5 Å². The van der Waals surface area contributed by atoms with E-state index >= 15 is 0 Å². The number of nitro groups is 1. The maximum Gasteiger partial charge on any atom is 0.317 e. The normalized spacial score (nSPS) is 14.9. The molecule has 0 fully saturated rings. The summed E-state index contributed by atoms with van der Waals surface area (Å²) in [5.41, 5.74) is 0.825. The van der Waals surface area contributed by atoms with Gasteiger partial charge < -0.3 is 14.0 Å². The molecule has 2 heterocycles. The molecule has 0 saturated carbocycles. The summed E-state index contributed by atoms with van der Waals surface area (Å²) in [4.78, 5) is 27.3. The van der Waals surface area contributed by atoms with Gasteiger partial charge in [-0.05, 0) is 12.5 Å². The van der Waals surface area contributed by atoms with E-state index in [0.717, 1.165) is 11.9 Å². The first-order valence-electron chi connectivity index (χ1n) is 7.41. The Morgan fingerprint density at radius 3 is 2.96 bits per heavy atom. The average molecular weight is 349 g/mol. The number of fused-ring (bicyclic) bond motifs is 1. The van der Waals surface area contributed by atoms with Crippen molar-refractivity contribution in [3.63, 3.8) is 0 Å². The molecule has 0 bridgehead atoms. The third kappa shape index (κ3) is 3.16. The average Bonchev–Trinajstić information content (AvgIpc) is 2.92. The van der Waals surface area contributed by atoms with E-state index in [4.69, 9.17) is 9.47 Å². The Morgan fingerprint density at radius 1 is 1.46 bits per heavy atom. The summed E-state index contributed by atoms with van der Waals surface area (Å²) in [6, 6.07) is 4.63. The molecule has 1 aliphatic heterocycles. The number of carbonyl (C=O) groups excluding carboxylic acids is 1. The van der Waals surface area contributed by atoms with Gasteiger partial charge in [-0.25, -0.2) is 0 Å². The van der Waals surface area contributed by atoms with Crippen molar-refractivity contribution < 1.29 is 19.2 Å². The zero-order valence-corrected chi connectivity index (χ0v) is 13.7. The monoisotopic (exact) mass is 349 g/mol. The van der Waals surface area contributed by atoms with Crippen molar-refractivity contribution in [2.45, 2.75) is 19.9 Å². The maximum absolute atomic E-state index is 12.2. The van der Waals surface area contributed by atoms with Crippen LogP contribution in [0.2, 0.25) is 0 Å². The molecule has 0 aliphatic carbocycles. The number of hydrogen-bond acceptors (Lipinski definition) is 6. The summed E-state index contributed by atoms with van der Waals surface area (Å²) < 4.78 is 12.9. The number of hydrogen-bond donors (Lipinski definition) is 0. The summed E-state index contributed by atoms with van der Waals surface area (Å²) in [5.74, 6) is -0.464. The highest BCUT2D eigenvalue weighted by Gasteiger charge is 2.16. The fourth-order valence-corrected chi connectivity index (χ4v) is 3.41. The predicted octanol–water partition coefficient (Wildman–Crippen LogP) is 2.34. The first-order chi connectivity index (χ1) is 11.6. The molecule has 0 N–H and O–H groups in total. The largest absolute Gasteiger partial charge is 0.494 e. The van der Waals surface area contributed by atoms with Gasteiger partial charge in [0.2, 0.25) is 5.76 Å². The molecule has 0 saturated heterocycles. The van der Waals surface area contributed by atoms with Gasteiger partial charge in [0.25, 0.3) is 5.69 Å². The van der Waals surface area contributed by atoms with Crippen LogP contribution in [-0.4, -0.2) is 28.6 Å². The molecule has 24 heavy (non-hydrogen) atoms. The molecular formula is C15H15N3O5S. The van der Waals surface area contributed by atoms with E-state index in [-0.39, 0.29) is 11.4 Å². The van der Waals surface area contributed by atoms with Crippen LogP contribution in [0.5, 0.6) is 0 Å². The number of nitro benzene ring substituents is 1. The number of aromatic nitrogens is 1. The highest BCUT2D eigenvalue weighted by molar-refractivity contribution is 7.16. The molecule has 0 unspecified atom stereocenters. The lowest BCUT2D eigenvalue weighted by molar-refractivity contribution is -0.384. The van der Waals surface area contributed by atoms with Gasteiger partial charge in [-0.3, -0.25) is 14.9 Å². The second kappa shape index (κ2) is 6.83. The van der Waals surface area contributed by atoms with Gasteiger partial charge in [-0.2, -0.15) is 4.99 Å². The van der Waals surface area contributed by atoms with Crippen molar-refractivity contribution >= 4 is 33.1 Å². The fourth-order valence-electron chi connectivity index (χ4n) is 2.32. The van der Waals surface area contributed by atoms with E-state index < -0.39 is 10.8 Å². The Bertz CT molecular complexity index is 896. The van der Waals surface area contributed by atoms with Crippen LogP contribution < -0.4 is 4.80 Å². The van der Waals surface area contributed by atoms with Crippen molar-refractivity contribution in [3.05, 3.63) is 45.1 Å². The first-order valence-corrected chi connectivity index (χ1v) is 8.23. The zero-order chi connectivity index (χ0) is 17.1. The van der Waals surface area contributed by atoms with Gasteiger partial charge in [0.1, 0.15) is 19.5 Å². The Hall–Kier alpha value is -2.68. The number of benzene rings is 1. The molecule has 8 nitrogen and oxygen atoms in total. The summed E-state index contributed by atoms with van der Waals surface area (Å²) >= 11 is 1.24. The molecule has 2 aromatic rings. The van der Waals surface area contributed by atoms with Crippen LogP contribution in [-0.2, 0) is 20.8 Å². The van der Waals surface area contributed by atoms with Crippen molar-refractivity contribution in [2.75, 3.05) is 13.2 Å². The van der Waals surface area contributed by atoms with E-state index in [2.05, 4.69) is 4.99 Å². The minimum absolute atomic E-state index is 0.0111. The van der Waals surface area contributed by atoms with Gasteiger partial charge >= 0.3 is 5.91 Å². The summed E-state index contributed by atoms with van der Waals surface area (Å²) in [6.07, 6.45) is 2.10. The molecule has 1 aliphatic rings. The number of aryl methyl sites for hydroxylation is 1. The lowest BCUT2D eigenvalue weighted by Gasteiger charge is -2.12. The quantitative estimate of drug-likeness (QED) is 0.623. The van der Waals surface area contributed by atoms with Crippen LogP contribution in [0.1, 0.15) is 13.3 Å². The lowest BCUT2D eigenvalue weighted by Crippen LogP contribution is -2.20. The van der Waals surface area contributed by atoms with Crippen LogP contribution in [0, 0.1) is 10.1 Å². The Morgan fingerprint density at radius 2 is 2.29 bits per heavy atom. The second-order valence-corrected chi connectivity index (χ2v) is 6.07. The minimum Gasteiger partial charge on any atom is -0.494 e. The van der Waals surface area contributed by atoms with E-state index in [9.17, 15) is 14.9 Å². The van der Waals surface area contributed by atoms with Gasteiger partial charge in [0.05, 0.1) is 15.1 Å². The summed E-state index contributed by atoms with van der Waals surface area (Å²) in [5, 5.41) is 10.9. The molecule has 0 atom stereocenters. The number of non-ortho nitro benzene ring substituents is 1. The molecule has 0 radical (unpaired) electrons. The van der Waals surface area contributed by atoms with E-state index in [1.165, 1.54) is 29.7 Å². The molecule has 1 aromatic carbocycles.